The molecule has 1 aromatic rings. The number of benzene rings is 1. The van der Waals surface area contributed by atoms with Gasteiger partial charge in [0.1, 0.15) is 16.9 Å². The lowest BCUT2D eigenvalue weighted by molar-refractivity contribution is -0.127. The molecule has 2 N–H and O–H groups in total. The summed E-state index contributed by atoms with van der Waals surface area (Å²) in [6.45, 7) is 5.73. The molecule has 1 aliphatic rings. The standard InChI is InChI=1S/C19H24F3NO10S/c1-17(2,3)32-16(27)23(8-11(25)9-24)10-6-12-14(15(26)31-18(4,5)30-12)13(7-10)33-34(28,29)19(20,21)22/h6-7,11,24-25H,8-9H2,1-5H3. The highest BCUT2D eigenvalue weighted by atomic mass is 32.2. The van der Waals surface area contributed by atoms with Crippen LogP contribution in [-0.4, -0.2) is 66.8 Å². The summed E-state index contributed by atoms with van der Waals surface area (Å²) in [6, 6.07) is 1.66. The number of cyclic esters (lactones) is 1. The summed E-state index contributed by atoms with van der Waals surface area (Å²) >= 11 is 0. The molecule has 192 valence electrons. The third kappa shape index (κ3) is 6.42. The monoisotopic (exact) mass is 515 g/mol. The van der Waals surface area contributed by atoms with Gasteiger partial charge in [-0.25, -0.2) is 9.59 Å². The van der Waals surface area contributed by atoms with Crippen LogP contribution in [0.1, 0.15) is 45.0 Å². The zero-order chi connectivity index (χ0) is 26.3. The Morgan fingerprint density at radius 3 is 2.29 bits per heavy atom. The Bertz CT molecular complexity index is 1060. The van der Waals surface area contributed by atoms with Crippen molar-refractivity contribution in [2.75, 3.05) is 18.1 Å². The number of carbonyl (C=O) groups excluding carboxylic acids is 2. The van der Waals surface area contributed by atoms with Crippen LogP contribution < -0.4 is 13.8 Å². The van der Waals surface area contributed by atoms with Crippen LogP contribution in [0.5, 0.6) is 11.5 Å². The minimum absolute atomic E-state index is 0.363. The van der Waals surface area contributed by atoms with E-state index in [0.29, 0.717) is 11.0 Å². The zero-order valence-corrected chi connectivity index (χ0v) is 19.6. The topological polar surface area (TPSA) is 149 Å². The molecule has 1 amide bonds. The zero-order valence-electron chi connectivity index (χ0n) is 18.8. The maximum Gasteiger partial charge on any atom is 0.534 e. The quantitative estimate of drug-likeness (QED) is 0.328. The van der Waals surface area contributed by atoms with E-state index in [0.717, 1.165) is 6.07 Å². The smallest absolute Gasteiger partial charge is 0.452 e. The average Bonchev–Trinajstić information content (AvgIpc) is 2.61. The number of carbonyl (C=O) groups is 2. The predicted octanol–water partition coefficient (Wildman–Crippen LogP) is 2.29. The van der Waals surface area contributed by atoms with E-state index in [1.54, 1.807) is 0 Å². The van der Waals surface area contributed by atoms with Gasteiger partial charge in [-0.2, -0.15) is 21.6 Å². The maximum absolute atomic E-state index is 13.0. The second kappa shape index (κ2) is 9.11. The number of rotatable bonds is 6. The molecule has 0 bridgehead atoms. The minimum atomic E-state index is -6.24. The Balaban J connectivity index is 2.73. The van der Waals surface area contributed by atoms with Crippen LogP contribution in [0.4, 0.5) is 23.7 Å². The first-order valence-electron chi connectivity index (χ1n) is 9.67. The molecule has 0 saturated carbocycles. The third-order valence-corrected chi connectivity index (χ3v) is 4.93. The fourth-order valence-electron chi connectivity index (χ4n) is 2.68. The fourth-order valence-corrected chi connectivity index (χ4v) is 3.14. The Kier molecular flexibility index (Phi) is 7.36. The summed E-state index contributed by atoms with van der Waals surface area (Å²) < 4.78 is 82.0. The first kappa shape index (κ1) is 27.5. The van der Waals surface area contributed by atoms with Gasteiger partial charge in [0.15, 0.2) is 5.75 Å². The third-order valence-electron chi connectivity index (χ3n) is 3.96. The van der Waals surface area contributed by atoms with Gasteiger partial charge in [-0.1, -0.05) is 0 Å². The Labute approximate surface area is 193 Å². The number of esters is 1. The highest BCUT2D eigenvalue weighted by molar-refractivity contribution is 7.88. The van der Waals surface area contributed by atoms with E-state index in [1.165, 1.54) is 34.6 Å². The largest absolute Gasteiger partial charge is 0.534 e. The van der Waals surface area contributed by atoms with Crippen molar-refractivity contribution < 1.29 is 59.8 Å². The Morgan fingerprint density at radius 2 is 1.79 bits per heavy atom. The van der Waals surface area contributed by atoms with Crippen LogP contribution in [0, 0.1) is 0 Å². The molecule has 11 nitrogen and oxygen atoms in total. The van der Waals surface area contributed by atoms with Gasteiger partial charge in [0.25, 0.3) is 0 Å². The first-order valence-corrected chi connectivity index (χ1v) is 11.1. The van der Waals surface area contributed by atoms with E-state index in [1.807, 2.05) is 0 Å². The van der Waals surface area contributed by atoms with Gasteiger partial charge < -0.3 is 28.6 Å². The fraction of sp³-hybridized carbons (Fsp3) is 0.579. The minimum Gasteiger partial charge on any atom is -0.452 e. The summed E-state index contributed by atoms with van der Waals surface area (Å²) in [7, 11) is -6.24. The van der Waals surface area contributed by atoms with Crippen molar-refractivity contribution in [1.82, 2.24) is 0 Å². The highest BCUT2D eigenvalue weighted by Crippen LogP contribution is 2.42. The summed E-state index contributed by atoms with van der Waals surface area (Å²) in [5, 5.41) is 19.1. The van der Waals surface area contributed by atoms with Gasteiger partial charge in [-0.05, 0) is 20.8 Å². The molecule has 1 aromatic carbocycles. The van der Waals surface area contributed by atoms with Crippen molar-refractivity contribution in [3.8, 4) is 11.5 Å². The molecular formula is C19H24F3NO10S. The van der Waals surface area contributed by atoms with Crippen LogP contribution in [0.3, 0.4) is 0 Å². The number of hydrogen-bond donors (Lipinski definition) is 2. The number of alkyl halides is 3. The molecule has 1 unspecified atom stereocenters. The molecule has 0 aliphatic carbocycles. The van der Waals surface area contributed by atoms with E-state index in [4.69, 9.17) is 14.2 Å². The lowest BCUT2D eigenvalue weighted by Gasteiger charge is -2.34. The van der Waals surface area contributed by atoms with Crippen molar-refractivity contribution >= 4 is 27.9 Å². The summed E-state index contributed by atoms with van der Waals surface area (Å²) in [5.41, 5.74) is -8.03. The number of amides is 1. The molecule has 1 heterocycles. The van der Waals surface area contributed by atoms with Crippen LogP contribution in [0.2, 0.25) is 0 Å². The second-order valence-electron chi connectivity index (χ2n) is 8.62. The molecule has 0 aromatic heterocycles. The molecule has 0 fully saturated rings. The lowest BCUT2D eigenvalue weighted by atomic mass is 10.1. The first-order chi connectivity index (χ1) is 15.3. The number of ether oxygens (including phenoxy) is 3. The van der Waals surface area contributed by atoms with Gasteiger partial charge >= 0.3 is 27.7 Å². The number of anilines is 1. The second-order valence-corrected chi connectivity index (χ2v) is 10.2. The lowest BCUT2D eigenvalue weighted by Crippen LogP contribution is -2.43. The molecule has 34 heavy (non-hydrogen) atoms. The van der Waals surface area contributed by atoms with Gasteiger partial charge in [-0.3, -0.25) is 4.90 Å². The number of fused-ring (bicyclic) bond motifs is 1. The van der Waals surface area contributed by atoms with Gasteiger partial charge in [-0.15, -0.1) is 0 Å². The van der Waals surface area contributed by atoms with E-state index >= 15 is 0 Å². The molecule has 2 rings (SSSR count). The molecule has 0 saturated heterocycles. The predicted molar refractivity (Wildman–Crippen MR) is 109 cm³/mol. The molecule has 0 radical (unpaired) electrons. The molecular weight excluding hydrogens is 491 g/mol. The highest BCUT2D eigenvalue weighted by Gasteiger charge is 2.50. The summed E-state index contributed by atoms with van der Waals surface area (Å²) in [4.78, 5) is 25.9. The summed E-state index contributed by atoms with van der Waals surface area (Å²) in [5.74, 6) is -4.45. The van der Waals surface area contributed by atoms with Crippen LogP contribution in [0.15, 0.2) is 12.1 Å². The van der Waals surface area contributed by atoms with Gasteiger partial charge in [0.05, 0.1) is 24.9 Å². The van der Waals surface area contributed by atoms with Gasteiger partial charge in [0, 0.05) is 26.0 Å². The Hall–Kier alpha value is -2.78. The average molecular weight is 515 g/mol. The van der Waals surface area contributed by atoms with Crippen LogP contribution in [-0.2, 0) is 19.6 Å². The van der Waals surface area contributed by atoms with E-state index < -0.39 is 75.4 Å². The molecule has 1 aliphatic heterocycles. The normalized spacial score (nSPS) is 16.6. The van der Waals surface area contributed by atoms with Crippen molar-refractivity contribution in [3.05, 3.63) is 17.7 Å². The van der Waals surface area contributed by atoms with E-state index in [2.05, 4.69) is 4.18 Å². The maximum atomic E-state index is 13.0. The molecule has 15 heteroatoms. The number of hydrogen-bond acceptors (Lipinski definition) is 10. The van der Waals surface area contributed by atoms with Crippen molar-refractivity contribution in [2.24, 2.45) is 0 Å². The van der Waals surface area contributed by atoms with Gasteiger partial charge in [0.2, 0.25) is 5.79 Å². The number of aliphatic hydroxyl groups excluding tert-OH is 2. The molecule has 1 atom stereocenters. The Morgan fingerprint density at radius 1 is 1.21 bits per heavy atom. The van der Waals surface area contributed by atoms with Crippen LogP contribution >= 0.6 is 0 Å². The summed E-state index contributed by atoms with van der Waals surface area (Å²) in [6.07, 6.45) is -2.63. The number of nitrogens with zero attached hydrogens (tertiary/aromatic N) is 1. The van der Waals surface area contributed by atoms with Crippen molar-refractivity contribution in [1.29, 1.82) is 0 Å². The van der Waals surface area contributed by atoms with E-state index in [9.17, 15) is 41.4 Å². The van der Waals surface area contributed by atoms with Crippen molar-refractivity contribution in [2.45, 2.75) is 57.6 Å². The van der Waals surface area contributed by atoms with E-state index in [-0.39, 0.29) is 5.69 Å². The van der Waals surface area contributed by atoms with Crippen LogP contribution in [0.25, 0.3) is 0 Å². The number of aliphatic hydroxyl groups is 2. The van der Waals surface area contributed by atoms with Crippen molar-refractivity contribution in [3.63, 3.8) is 0 Å². The molecule has 0 spiro atoms. The number of halogens is 3. The SMILES string of the molecule is CC(C)(C)OC(=O)N(CC(O)CO)c1cc2c(c(OS(=O)(=O)C(F)(F)F)c1)C(=O)OC(C)(C)O2.